The van der Waals surface area contributed by atoms with E-state index < -0.39 is 23.2 Å². The largest absolute Gasteiger partial charge is 0.412 e. The number of alkyl halides is 4. The number of aliphatic hydroxyl groups is 1. The molecule has 0 aromatic carbocycles. The lowest BCUT2D eigenvalue weighted by Gasteiger charge is -2.22. The first kappa shape index (κ1) is 9.61. The highest BCUT2D eigenvalue weighted by molar-refractivity contribution is 6.24. The molecule has 0 aromatic rings. The fourth-order valence-electron chi connectivity index (χ4n) is 0.891. The maximum absolute atomic E-state index is 12.0. The quantitative estimate of drug-likeness (QED) is 0.593. The van der Waals surface area contributed by atoms with Crippen LogP contribution in [0, 0.1) is 0 Å². The fourth-order valence-corrected chi connectivity index (χ4v) is 1.11. The molecule has 0 heterocycles. The van der Waals surface area contributed by atoms with Crippen molar-refractivity contribution >= 4 is 11.6 Å². The summed E-state index contributed by atoms with van der Waals surface area (Å²) in [6.07, 6.45) is -1.90. The molecule has 0 bridgehead atoms. The maximum Gasteiger partial charge on any atom is 0.412 e. The molecule has 0 saturated heterocycles. The summed E-state index contributed by atoms with van der Waals surface area (Å²) in [5.41, 5.74) is -0.817. The summed E-state index contributed by atoms with van der Waals surface area (Å²) in [4.78, 5) is 0. The third-order valence-corrected chi connectivity index (χ3v) is 1.71. The molecule has 68 valence electrons. The average molecular weight is 199 g/mol. The molecule has 0 fully saturated rings. The van der Waals surface area contributed by atoms with Gasteiger partial charge in [-0.15, -0.1) is 0 Å². The predicted molar refractivity (Wildman–Crippen MR) is 38.7 cm³/mol. The Morgan fingerprint density at radius 2 is 2.08 bits per heavy atom. The number of rotatable bonds is 0. The first-order valence-corrected chi connectivity index (χ1v) is 3.56. The van der Waals surface area contributed by atoms with Crippen molar-refractivity contribution < 1.29 is 18.3 Å². The Balaban J connectivity index is 2.84. The van der Waals surface area contributed by atoms with Gasteiger partial charge < -0.3 is 5.11 Å². The summed E-state index contributed by atoms with van der Waals surface area (Å²) < 4.78 is 36.0. The summed E-state index contributed by atoms with van der Waals surface area (Å²) in [5, 5.41) is 7.16. The molecule has 0 saturated carbocycles. The minimum absolute atomic E-state index is 0.603. The molecular formula is C7H6ClF3O. The number of allylic oxidation sites excluding steroid dienone is 2. The van der Waals surface area contributed by atoms with Crippen LogP contribution in [-0.4, -0.2) is 16.3 Å². The molecule has 1 rings (SSSR count). The average Bonchev–Trinajstić information content (AvgIpc) is 1.83. The first-order valence-electron chi connectivity index (χ1n) is 3.18. The van der Waals surface area contributed by atoms with Crippen LogP contribution in [0.5, 0.6) is 0 Å². The van der Waals surface area contributed by atoms with Crippen LogP contribution in [0.2, 0.25) is 0 Å². The van der Waals surface area contributed by atoms with Gasteiger partial charge in [-0.1, -0.05) is 23.8 Å². The molecule has 0 unspecified atom stereocenters. The van der Waals surface area contributed by atoms with E-state index >= 15 is 0 Å². The van der Waals surface area contributed by atoms with Crippen LogP contribution in [0.3, 0.4) is 0 Å². The van der Waals surface area contributed by atoms with Crippen LogP contribution in [-0.2, 0) is 0 Å². The Hall–Kier alpha value is -0.480. The summed E-state index contributed by atoms with van der Waals surface area (Å²) in [6.45, 7) is 0. The molecule has 0 amide bonds. The molecule has 0 aliphatic heterocycles. The second kappa shape index (κ2) is 2.78. The highest BCUT2D eigenvalue weighted by Crippen LogP contribution is 2.36. The minimum atomic E-state index is -4.41. The second-order valence-corrected chi connectivity index (χ2v) is 3.20. The van der Waals surface area contributed by atoms with Gasteiger partial charge in [0.15, 0.2) is 5.06 Å². The molecule has 1 aliphatic carbocycles. The molecule has 12 heavy (non-hydrogen) atoms. The maximum atomic E-state index is 12.0. The van der Waals surface area contributed by atoms with Crippen LogP contribution in [0.25, 0.3) is 0 Å². The Kier molecular flexibility index (Phi) is 2.23. The van der Waals surface area contributed by atoms with E-state index in [2.05, 4.69) is 0 Å². The molecule has 0 aromatic heterocycles. The van der Waals surface area contributed by atoms with Crippen molar-refractivity contribution in [3.05, 3.63) is 23.8 Å². The zero-order chi connectivity index (χ0) is 9.41. The standard InChI is InChI=1S/C7H6ClF3O/c8-6(12)3-1-2-5(4-6)7(9,10)11/h1-3,12H,4H2/t6-/m0/s1. The zero-order valence-electron chi connectivity index (χ0n) is 5.90. The van der Waals surface area contributed by atoms with E-state index in [4.69, 9.17) is 16.7 Å². The highest BCUT2D eigenvalue weighted by Gasteiger charge is 2.39. The molecule has 5 heteroatoms. The van der Waals surface area contributed by atoms with Crippen molar-refractivity contribution in [2.75, 3.05) is 0 Å². The van der Waals surface area contributed by atoms with Crippen LogP contribution < -0.4 is 0 Å². The van der Waals surface area contributed by atoms with Gasteiger partial charge in [-0.3, -0.25) is 0 Å². The van der Waals surface area contributed by atoms with Gasteiger partial charge in [0.05, 0.1) is 0 Å². The number of halogens is 4. The second-order valence-electron chi connectivity index (χ2n) is 2.54. The lowest BCUT2D eigenvalue weighted by atomic mass is 10.0. The monoisotopic (exact) mass is 198 g/mol. The molecule has 1 atom stereocenters. The SMILES string of the molecule is O[C@@]1(Cl)C=CC=C(C(F)(F)F)C1. The van der Waals surface area contributed by atoms with Gasteiger partial charge >= 0.3 is 6.18 Å². The van der Waals surface area contributed by atoms with Crippen molar-refractivity contribution in [2.45, 2.75) is 17.7 Å². The summed E-state index contributed by atoms with van der Waals surface area (Å²) in [6, 6.07) is 0. The topological polar surface area (TPSA) is 20.2 Å². The lowest BCUT2D eigenvalue weighted by Crippen LogP contribution is -2.26. The normalized spacial score (nSPS) is 30.2. The molecule has 1 nitrogen and oxygen atoms in total. The summed E-state index contributed by atoms with van der Waals surface area (Å²) in [5.74, 6) is 0. The van der Waals surface area contributed by atoms with Gasteiger partial charge in [0.25, 0.3) is 0 Å². The minimum Gasteiger partial charge on any atom is -0.371 e. The van der Waals surface area contributed by atoms with Gasteiger partial charge in [-0.05, 0) is 6.08 Å². The van der Waals surface area contributed by atoms with E-state index in [0.717, 1.165) is 18.2 Å². The van der Waals surface area contributed by atoms with E-state index in [1.165, 1.54) is 0 Å². The van der Waals surface area contributed by atoms with Crippen LogP contribution in [0.15, 0.2) is 23.8 Å². The van der Waals surface area contributed by atoms with Gasteiger partial charge in [0.1, 0.15) is 0 Å². The Labute approximate surface area is 72.1 Å². The van der Waals surface area contributed by atoms with Crippen LogP contribution in [0.1, 0.15) is 6.42 Å². The predicted octanol–water partition coefficient (Wildman–Crippen LogP) is 2.36. The molecule has 0 radical (unpaired) electrons. The lowest BCUT2D eigenvalue weighted by molar-refractivity contribution is -0.0974. The Bertz CT molecular complexity index is 240. The molecular weight excluding hydrogens is 193 g/mol. The van der Waals surface area contributed by atoms with E-state index in [1.54, 1.807) is 0 Å². The molecule has 1 aliphatic rings. The highest BCUT2D eigenvalue weighted by atomic mass is 35.5. The first-order chi connectivity index (χ1) is 5.31. The van der Waals surface area contributed by atoms with E-state index in [9.17, 15) is 13.2 Å². The zero-order valence-corrected chi connectivity index (χ0v) is 6.65. The van der Waals surface area contributed by atoms with E-state index in [-0.39, 0.29) is 0 Å². The third-order valence-electron chi connectivity index (χ3n) is 1.45. The van der Waals surface area contributed by atoms with E-state index in [1.807, 2.05) is 0 Å². The fraction of sp³-hybridized carbons (Fsp3) is 0.429. The molecule has 1 N–H and O–H groups in total. The molecule has 0 spiro atoms. The third kappa shape index (κ3) is 2.25. The summed E-state index contributed by atoms with van der Waals surface area (Å²) in [7, 11) is 0. The van der Waals surface area contributed by atoms with Crippen molar-refractivity contribution in [3.63, 3.8) is 0 Å². The number of hydrogen-bond acceptors (Lipinski definition) is 1. The van der Waals surface area contributed by atoms with Crippen molar-refractivity contribution in [1.29, 1.82) is 0 Å². The van der Waals surface area contributed by atoms with Crippen molar-refractivity contribution in [1.82, 2.24) is 0 Å². The van der Waals surface area contributed by atoms with Crippen molar-refractivity contribution in [3.8, 4) is 0 Å². The van der Waals surface area contributed by atoms with E-state index in [0.29, 0.717) is 0 Å². The van der Waals surface area contributed by atoms with Gasteiger partial charge in [0, 0.05) is 12.0 Å². The smallest absolute Gasteiger partial charge is 0.371 e. The van der Waals surface area contributed by atoms with Gasteiger partial charge in [0.2, 0.25) is 0 Å². The van der Waals surface area contributed by atoms with Crippen LogP contribution >= 0.6 is 11.6 Å². The van der Waals surface area contributed by atoms with Crippen molar-refractivity contribution in [2.24, 2.45) is 0 Å². The Morgan fingerprint density at radius 3 is 2.42 bits per heavy atom. The van der Waals surface area contributed by atoms with Crippen LogP contribution in [0.4, 0.5) is 13.2 Å². The Morgan fingerprint density at radius 1 is 1.50 bits per heavy atom. The summed E-state index contributed by atoms with van der Waals surface area (Å²) >= 11 is 5.30. The van der Waals surface area contributed by atoms with Gasteiger partial charge in [-0.2, -0.15) is 13.2 Å². The van der Waals surface area contributed by atoms with Gasteiger partial charge in [-0.25, -0.2) is 0 Å². The number of hydrogen-bond donors (Lipinski definition) is 1.